The molecule has 0 spiro atoms. The molecule has 0 aromatic heterocycles. The van der Waals surface area contributed by atoms with E-state index in [0.717, 1.165) is 5.69 Å². The molecule has 2 rings (SSSR count). The average Bonchev–Trinajstić information content (AvgIpc) is 2.98. The van der Waals surface area contributed by atoms with E-state index in [4.69, 9.17) is 4.74 Å². The van der Waals surface area contributed by atoms with E-state index in [1.807, 2.05) is 0 Å². The molecule has 76 valence electrons. The van der Waals surface area contributed by atoms with Gasteiger partial charge >= 0.3 is 0 Å². The van der Waals surface area contributed by atoms with Gasteiger partial charge < -0.3 is 10.1 Å². The van der Waals surface area contributed by atoms with Crippen LogP contribution in [-0.4, -0.2) is 13.7 Å². The summed E-state index contributed by atoms with van der Waals surface area (Å²) in [7, 11) is 1.80. The monoisotopic (exact) mass is 195 g/mol. The van der Waals surface area contributed by atoms with Crippen LogP contribution in [0.4, 0.5) is 10.1 Å². The molecule has 0 bridgehead atoms. The Labute approximate surface area is 83.1 Å². The fourth-order valence-corrected chi connectivity index (χ4v) is 1.31. The standard InChI is InChI=1S/C11H14FNO/c1-13-10-5-4-9(12)6-11(10)14-7-8-2-3-8/h4-6,8,13H,2-3,7H2,1H3. The molecule has 1 saturated carbocycles. The van der Waals surface area contributed by atoms with Gasteiger partial charge in [-0.2, -0.15) is 0 Å². The molecule has 1 aliphatic rings. The van der Waals surface area contributed by atoms with Crippen molar-refractivity contribution in [2.75, 3.05) is 19.0 Å². The summed E-state index contributed by atoms with van der Waals surface area (Å²) in [5.41, 5.74) is 0.840. The van der Waals surface area contributed by atoms with E-state index in [1.165, 1.54) is 25.0 Å². The van der Waals surface area contributed by atoms with Crippen molar-refractivity contribution in [3.8, 4) is 5.75 Å². The van der Waals surface area contributed by atoms with Gasteiger partial charge in [0.1, 0.15) is 11.6 Å². The van der Waals surface area contributed by atoms with E-state index in [-0.39, 0.29) is 5.82 Å². The molecule has 1 aromatic rings. The summed E-state index contributed by atoms with van der Waals surface area (Å²) >= 11 is 0. The van der Waals surface area contributed by atoms with E-state index >= 15 is 0 Å². The van der Waals surface area contributed by atoms with Crippen LogP contribution < -0.4 is 10.1 Å². The third-order valence-electron chi connectivity index (χ3n) is 2.38. The molecule has 0 amide bonds. The molecule has 0 atom stereocenters. The van der Waals surface area contributed by atoms with Gasteiger partial charge in [0.25, 0.3) is 0 Å². The molecular weight excluding hydrogens is 181 g/mol. The van der Waals surface area contributed by atoms with E-state index in [1.54, 1.807) is 13.1 Å². The third-order valence-corrected chi connectivity index (χ3v) is 2.38. The lowest BCUT2D eigenvalue weighted by atomic mass is 10.3. The summed E-state index contributed by atoms with van der Waals surface area (Å²) < 4.78 is 18.4. The fourth-order valence-electron chi connectivity index (χ4n) is 1.31. The van der Waals surface area contributed by atoms with Gasteiger partial charge in [-0.15, -0.1) is 0 Å². The van der Waals surface area contributed by atoms with E-state index in [0.29, 0.717) is 18.3 Å². The summed E-state index contributed by atoms with van der Waals surface area (Å²) in [5, 5.41) is 2.98. The third kappa shape index (κ3) is 2.16. The highest BCUT2D eigenvalue weighted by molar-refractivity contribution is 5.55. The molecule has 1 aliphatic carbocycles. The average molecular weight is 195 g/mol. The Kier molecular flexibility index (Phi) is 2.57. The predicted octanol–water partition coefficient (Wildman–Crippen LogP) is 2.66. The number of anilines is 1. The highest BCUT2D eigenvalue weighted by atomic mass is 19.1. The zero-order valence-electron chi connectivity index (χ0n) is 8.22. The molecule has 3 heteroatoms. The Morgan fingerprint density at radius 3 is 2.93 bits per heavy atom. The lowest BCUT2D eigenvalue weighted by Crippen LogP contribution is -2.02. The zero-order chi connectivity index (χ0) is 9.97. The Balaban J connectivity index is 2.07. The molecule has 0 heterocycles. The van der Waals surface area contributed by atoms with E-state index < -0.39 is 0 Å². The van der Waals surface area contributed by atoms with Gasteiger partial charge in [-0.3, -0.25) is 0 Å². The van der Waals surface area contributed by atoms with Crippen molar-refractivity contribution in [3.63, 3.8) is 0 Å². The second-order valence-electron chi connectivity index (χ2n) is 3.64. The van der Waals surface area contributed by atoms with Crippen molar-refractivity contribution in [3.05, 3.63) is 24.0 Å². The molecule has 2 nitrogen and oxygen atoms in total. The number of ether oxygens (including phenoxy) is 1. The van der Waals surface area contributed by atoms with Gasteiger partial charge in [0.05, 0.1) is 12.3 Å². The van der Waals surface area contributed by atoms with Gasteiger partial charge in [-0.05, 0) is 30.9 Å². The van der Waals surface area contributed by atoms with Gasteiger partial charge in [-0.25, -0.2) is 4.39 Å². The Hall–Kier alpha value is -1.25. The summed E-state index contributed by atoms with van der Waals surface area (Å²) in [5.74, 6) is 1.04. The Morgan fingerprint density at radius 1 is 1.50 bits per heavy atom. The summed E-state index contributed by atoms with van der Waals surface area (Å²) in [4.78, 5) is 0. The lowest BCUT2D eigenvalue weighted by molar-refractivity contribution is 0.300. The normalized spacial score (nSPS) is 15.3. The number of benzene rings is 1. The van der Waals surface area contributed by atoms with E-state index in [2.05, 4.69) is 5.32 Å². The smallest absolute Gasteiger partial charge is 0.145 e. The second-order valence-corrected chi connectivity index (χ2v) is 3.64. The molecule has 0 unspecified atom stereocenters. The maximum Gasteiger partial charge on any atom is 0.145 e. The minimum atomic E-state index is -0.255. The highest BCUT2D eigenvalue weighted by Gasteiger charge is 2.22. The lowest BCUT2D eigenvalue weighted by Gasteiger charge is -2.10. The minimum Gasteiger partial charge on any atom is -0.491 e. The first-order chi connectivity index (χ1) is 6.79. The fraction of sp³-hybridized carbons (Fsp3) is 0.455. The van der Waals surface area contributed by atoms with Crippen molar-refractivity contribution in [2.45, 2.75) is 12.8 Å². The number of nitrogens with one attached hydrogen (secondary N) is 1. The molecule has 14 heavy (non-hydrogen) atoms. The first-order valence-corrected chi connectivity index (χ1v) is 4.89. The highest BCUT2D eigenvalue weighted by Crippen LogP contribution is 2.31. The van der Waals surface area contributed by atoms with Gasteiger partial charge in [0.2, 0.25) is 0 Å². The number of hydrogen-bond donors (Lipinski definition) is 1. The Morgan fingerprint density at radius 2 is 2.29 bits per heavy atom. The first kappa shape index (κ1) is 9.31. The van der Waals surface area contributed by atoms with Crippen LogP contribution in [0.1, 0.15) is 12.8 Å². The van der Waals surface area contributed by atoms with Crippen LogP contribution in [0, 0.1) is 11.7 Å². The van der Waals surface area contributed by atoms with Crippen LogP contribution in [-0.2, 0) is 0 Å². The molecule has 0 aliphatic heterocycles. The quantitative estimate of drug-likeness (QED) is 0.797. The topological polar surface area (TPSA) is 21.3 Å². The summed E-state index contributed by atoms with van der Waals surface area (Å²) in [6, 6.07) is 4.54. The second kappa shape index (κ2) is 3.86. The summed E-state index contributed by atoms with van der Waals surface area (Å²) in [6.07, 6.45) is 2.48. The van der Waals surface area contributed by atoms with Crippen LogP contribution in [0.15, 0.2) is 18.2 Å². The van der Waals surface area contributed by atoms with Crippen molar-refractivity contribution >= 4 is 5.69 Å². The number of rotatable bonds is 4. The maximum absolute atomic E-state index is 12.9. The number of hydrogen-bond acceptors (Lipinski definition) is 2. The van der Waals surface area contributed by atoms with Crippen LogP contribution >= 0.6 is 0 Å². The summed E-state index contributed by atoms with van der Waals surface area (Å²) in [6.45, 7) is 0.706. The van der Waals surface area contributed by atoms with Gasteiger partial charge in [0, 0.05) is 13.1 Å². The van der Waals surface area contributed by atoms with Gasteiger partial charge in [0.15, 0.2) is 0 Å². The largest absolute Gasteiger partial charge is 0.491 e. The predicted molar refractivity (Wildman–Crippen MR) is 54.2 cm³/mol. The molecule has 0 radical (unpaired) electrons. The number of halogens is 1. The van der Waals surface area contributed by atoms with Crippen molar-refractivity contribution in [1.82, 2.24) is 0 Å². The molecule has 1 N–H and O–H groups in total. The van der Waals surface area contributed by atoms with Crippen LogP contribution in [0.3, 0.4) is 0 Å². The van der Waals surface area contributed by atoms with Crippen LogP contribution in [0.5, 0.6) is 5.75 Å². The van der Waals surface area contributed by atoms with Gasteiger partial charge in [-0.1, -0.05) is 0 Å². The maximum atomic E-state index is 12.9. The molecule has 1 aromatic carbocycles. The minimum absolute atomic E-state index is 0.255. The zero-order valence-corrected chi connectivity index (χ0v) is 8.22. The SMILES string of the molecule is CNc1ccc(F)cc1OCC1CC1. The molecule has 0 saturated heterocycles. The Bertz CT molecular complexity index is 323. The molecule has 1 fully saturated rings. The van der Waals surface area contributed by atoms with E-state index in [9.17, 15) is 4.39 Å². The van der Waals surface area contributed by atoms with Crippen LogP contribution in [0.2, 0.25) is 0 Å². The van der Waals surface area contributed by atoms with Crippen molar-refractivity contribution in [2.24, 2.45) is 5.92 Å². The first-order valence-electron chi connectivity index (χ1n) is 4.89. The van der Waals surface area contributed by atoms with Crippen molar-refractivity contribution in [1.29, 1.82) is 0 Å². The van der Waals surface area contributed by atoms with Crippen LogP contribution in [0.25, 0.3) is 0 Å². The molecular formula is C11H14FNO. The van der Waals surface area contributed by atoms with Crippen molar-refractivity contribution < 1.29 is 9.13 Å².